The second-order valence-corrected chi connectivity index (χ2v) is 3.26. The van der Waals surface area contributed by atoms with Gasteiger partial charge in [-0.3, -0.25) is 0 Å². The van der Waals surface area contributed by atoms with Gasteiger partial charge in [0.1, 0.15) is 17.2 Å². The molecule has 0 amide bonds. The van der Waals surface area contributed by atoms with Crippen LogP contribution in [0.1, 0.15) is 10.4 Å². The minimum atomic E-state index is -1.26. The zero-order valence-corrected chi connectivity index (χ0v) is 8.38. The van der Waals surface area contributed by atoms with E-state index in [4.69, 9.17) is 16.7 Å². The van der Waals surface area contributed by atoms with Crippen molar-refractivity contribution < 1.29 is 14.3 Å². The van der Waals surface area contributed by atoms with Crippen molar-refractivity contribution in [2.24, 2.45) is 0 Å². The maximum Gasteiger partial charge on any atom is 0.339 e. The molecule has 1 aromatic heterocycles. The highest BCUT2D eigenvalue weighted by molar-refractivity contribution is 6.29. The van der Waals surface area contributed by atoms with E-state index in [1.54, 1.807) is 0 Å². The van der Waals surface area contributed by atoms with E-state index in [0.29, 0.717) is 5.03 Å². The third-order valence-electron chi connectivity index (χ3n) is 1.53. The number of halogens is 2. The molecule has 6 heteroatoms. The molecule has 0 saturated heterocycles. The largest absolute Gasteiger partial charge is 0.478 e. The van der Waals surface area contributed by atoms with Crippen molar-refractivity contribution in [2.75, 3.05) is 11.9 Å². The standard InChI is InChI=1S/C9H8ClFN2O2/c1-5(10)3-12-8-7(9(14)15)2-6(11)4-13-8/h2,4H,1,3H2,(H,12,13)(H,14,15). The van der Waals surface area contributed by atoms with E-state index < -0.39 is 11.8 Å². The first-order chi connectivity index (χ1) is 7.00. The van der Waals surface area contributed by atoms with Crippen LogP contribution in [0.3, 0.4) is 0 Å². The summed E-state index contributed by atoms with van der Waals surface area (Å²) in [4.78, 5) is 14.3. The van der Waals surface area contributed by atoms with E-state index in [1.165, 1.54) is 0 Å². The number of carboxylic acids is 1. The summed E-state index contributed by atoms with van der Waals surface area (Å²) in [6, 6.07) is 0.884. The lowest BCUT2D eigenvalue weighted by molar-refractivity contribution is 0.0697. The van der Waals surface area contributed by atoms with Crippen molar-refractivity contribution in [3.05, 3.63) is 35.3 Å². The molecule has 1 heterocycles. The maximum absolute atomic E-state index is 12.7. The lowest BCUT2D eigenvalue weighted by Gasteiger charge is -2.06. The Hall–Kier alpha value is -1.62. The summed E-state index contributed by atoms with van der Waals surface area (Å²) in [7, 11) is 0. The summed E-state index contributed by atoms with van der Waals surface area (Å²) in [5.74, 6) is -1.90. The lowest BCUT2D eigenvalue weighted by Crippen LogP contribution is -2.09. The molecule has 0 aromatic carbocycles. The Morgan fingerprint density at radius 3 is 2.93 bits per heavy atom. The first kappa shape index (κ1) is 11.5. The number of aromatic carboxylic acids is 1. The highest BCUT2D eigenvalue weighted by Gasteiger charge is 2.12. The highest BCUT2D eigenvalue weighted by Crippen LogP contribution is 2.14. The van der Waals surface area contributed by atoms with E-state index in [1.807, 2.05) is 0 Å². The lowest BCUT2D eigenvalue weighted by atomic mass is 10.2. The van der Waals surface area contributed by atoms with Gasteiger partial charge in [0.05, 0.1) is 12.7 Å². The SMILES string of the molecule is C=C(Cl)CNc1ncc(F)cc1C(=O)O. The molecule has 80 valence electrons. The van der Waals surface area contributed by atoms with E-state index in [2.05, 4.69) is 16.9 Å². The van der Waals surface area contributed by atoms with Crippen LogP contribution < -0.4 is 5.32 Å². The number of rotatable bonds is 4. The van der Waals surface area contributed by atoms with Crippen LogP contribution in [0.4, 0.5) is 10.2 Å². The maximum atomic E-state index is 12.7. The van der Waals surface area contributed by atoms with Crippen LogP contribution in [-0.4, -0.2) is 22.6 Å². The summed E-state index contributed by atoms with van der Waals surface area (Å²) in [5, 5.41) is 11.7. The first-order valence-corrected chi connectivity index (χ1v) is 4.34. The van der Waals surface area contributed by atoms with Gasteiger partial charge in [0.25, 0.3) is 0 Å². The molecule has 0 aliphatic heterocycles. The number of nitrogens with zero attached hydrogens (tertiary/aromatic N) is 1. The van der Waals surface area contributed by atoms with Gasteiger partial charge in [0.2, 0.25) is 0 Å². The molecular formula is C9H8ClFN2O2. The van der Waals surface area contributed by atoms with Crippen LogP contribution in [0, 0.1) is 5.82 Å². The fraction of sp³-hybridized carbons (Fsp3) is 0.111. The number of carboxylic acid groups (broad SMARTS) is 1. The van der Waals surface area contributed by atoms with Gasteiger partial charge in [0, 0.05) is 5.03 Å². The van der Waals surface area contributed by atoms with Gasteiger partial charge in [-0.05, 0) is 6.07 Å². The molecule has 4 nitrogen and oxygen atoms in total. The Labute approximate surface area is 90.4 Å². The van der Waals surface area contributed by atoms with Crippen molar-refractivity contribution in [1.82, 2.24) is 4.98 Å². The van der Waals surface area contributed by atoms with Crippen LogP contribution in [0.2, 0.25) is 0 Å². The zero-order chi connectivity index (χ0) is 11.4. The molecule has 0 unspecified atom stereocenters. The van der Waals surface area contributed by atoms with Crippen molar-refractivity contribution in [3.63, 3.8) is 0 Å². The number of anilines is 1. The number of hydrogen-bond acceptors (Lipinski definition) is 3. The molecular weight excluding hydrogens is 223 g/mol. The van der Waals surface area contributed by atoms with Crippen molar-refractivity contribution in [3.8, 4) is 0 Å². The number of nitrogens with one attached hydrogen (secondary N) is 1. The van der Waals surface area contributed by atoms with E-state index >= 15 is 0 Å². The third-order valence-corrected chi connectivity index (χ3v) is 1.67. The predicted molar refractivity (Wildman–Crippen MR) is 54.6 cm³/mol. The minimum Gasteiger partial charge on any atom is -0.478 e. The molecule has 0 aliphatic rings. The van der Waals surface area contributed by atoms with Crippen LogP contribution in [0.5, 0.6) is 0 Å². The molecule has 0 spiro atoms. The van der Waals surface area contributed by atoms with Crippen LogP contribution in [0.15, 0.2) is 23.9 Å². The smallest absolute Gasteiger partial charge is 0.339 e. The summed E-state index contributed by atoms with van der Waals surface area (Å²) in [6.07, 6.45) is 0.922. The van der Waals surface area contributed by atoms with Gasteiger partial charge in [-0.15, -0.1) is 0 Å². The average Bonchev–Trinajstić information content (AvgIpc) is 2.15. The van der Waals surface area contributed by atoms with E-state index in [-0.39, 0.29) is 17.9 Å². The quantitative estimate of drug-likeness (QED) is 0.831. The number of hydrogen-bond donors (Lipinski definition) is 2. The van der Waals surface area contributed by atoms with E-state index in [9.17, 15) is 9.18 Å². The van der Waals surface area contributed by atoms with Crippen molar-refractivity contribution in [2.45, 2.75) is 0 Å². The molecule has 0 saturated carbocycles. The Morgan fingerprint density at radius 1 is 1.73 bits per heavy atom. The summed E-state index contributed by atoms with van der Waals surface area (Å²) >= 11 is 5.48. The van der Waals surface area contributed by atoms with E-state index in [0.717, 1.165) is 12.3 Å². The van der Waals surface area contributed by atoms with Gasteiger partial charge < -0.3 is 10.4 Å². The topological polar surface area (TPSA) is 62.2 Å². The summed E-state index contributed by atoms with van der Waals surface area (Å²) in [6.45, 7) is 3.58. The molecule has 1 aromatic rings. The molecule has 0 atom stereocenters. The van der Waals surface area contributed by atoms with Gasteiger partial charge >= 0.3 is 5.97 Å². The normalized spacial score (nSPS) is 9.73. The summed E-state index contributed by atoms with van der Waals surface area (Å²) < 4.78 is 12.7. The molecule has 1 rings (SSSR count). The summed E-state index contributed by atoms with van der Waals surface area (Å²) in [5.41, 5.74) is -0.243. The number of carbonyl (C=O) groups is 1. The van der Waals surface area contributed by atoms with Gasteiger partial charge in [0.15, 0.2) is 0 Å². The number of aromatic nitrogens is 1. The Morgan fingerprint density at radius 2 is 2.40 bits per heavy atom. The fourth-order valence-electron chi connectivity index (χ4n) is 0.923. The Balaban J connectivity index is 2.95. The molecule has 2 N–H and O–H groups in total. The predicted octanol–water partition coefficient (Wildman–Crippen LogP) is 2.08. The van der Waals surface area contributed by atoms with Crippen molar-refractivity contribution in [1.29, 1.82) is 0 Å². The third kappa shape index (κ3) is 3.21. The van der Waals surface area contributed by atoms with Crippen LogP contribution in [0.25, 0.3) is 0 Å². The number of pyridine rings is 1. The van der Waals surface area contributed by atoms with Gasteiger partial charge in [-0.1, -0.05) is 18.2 Å². The Kier molecular flexibility index (Phi) is 3.62. The Bertz CT molecular complexity index is 409. The first-order valence-electron chi connectivity index (χ1n) is 3.96. The second-order valence-electron chi connectivity index (χ2n) is 2.73. The molecule has 15 heavy (non-hydrogen) atoms. The van der Waals surface area contributed by atoms with Crippen molar-refractivity contribution >= 4 is 23.4 Å². The molecule has 0 aliphatic carbocycles. The average molecular weight is 231 g/mol. The molecule has 0 fully saturated rings. The minimum absolute atomic E-state index is 0.0608. The highest BCUT2D eigenvalue weighted by atomic mass is 35.5. The van der Waals surface area contributed by atoms with Gasteiger partial charge in [-0.2, -0.15) is 0 Å². The van der Waals surface area contributed by atoms with Crippen LogP contribution in [-0.2, 0) is 0 Å². The zero-order valence-electron chi connectivity index (χ0n) is 7.63. The monoisotopic (exact) mass is 230 g/mol. The molecule has 0 bridgehead atoms. The van der Waals surface area contributed by atoms with Gasteiger partial charge in [-0.25, -0.2) is 14.2 Å². The molecule has 0 radical (unpaired) electrons. The fourth-order valence-corrected chi connectivity index (χ4v) is 0.990. The van der Waals surface area contributed by atoms with Crippen LogP contribution >= 0.6 is 11.6 Å². The second kappa shape index (κ2) is 4.75.